The quantitative estimate of drug-likeness (QED) is 0.891. The Labute approximate surface area is 135 Å². The summed E-state index contributed by atoms with van der Waals surface area (Å²) in [5.74, 6) is 0. The molecule has 1 saturated heterocycles. The molecule has 1 aliphatic heterocycles. The van der Waals surface area contributed by atoms with Gasteiger partial charge in [-0.25, -0.2) is 4.98 Å². The number of aromatic nitrogens is 1. The van der Waals surface area contributed by atoms with Crippen LogP contribution in [0.2, 0.25) is 0 Å². The molecule has 0 radical (unpaired) electrons. The molecule has 0 bridgehead atoms. The molecule has 0 amide bonds. The second-order valence-electron chi connectivity index (χ2n) is 4.73. The molecule has 2 aromatic rings. The Balaban J connectivity index is 0.00000176. The lowest BCUT2D eigenvalue weighted by atomic mass is 10.1. The van der Waals surface area contributed by atoms with Gasteiger partial charge in [-0.15, -0.1) is 23.7 Å². The van der Waals surface area contributed by atoms with E-state index in [9.17, 15) is 13.2 Å². The highest BCUT2D eigenvalue weighted by Crippen LogP contribution is 2.32. The van der Waals surface area contributed by atoms with Crippen molar-refractivity contribution >= 4 is 23.7 Å². The van der Waals surface area contributed by atoms with Crippen molar-refractivity contribution in [3.63, 3.8) is 0 Å². The third-order valence-corrected chi connectivity index (χ3v) is 4.21. The molecule has 8 heteroatoms. The summed E-state index contributed by atoms with van der Waals surface area (Å²) in [4.78, 5) is 4.49. The van der Waals surface area contributed by atoms with Gasteiger partial charge in [-0.05, 0) is 12.1 Å². The first kappa shape index (κ1) is 17.2. The summed E-state index contributed by atoms with van der Waals surface area (Å²) in [5, 5.41) is 6.05. The highest BCUT2D eigenvalue weighted by atomic mass is 35.5. The van der Waals surface area contributed by atoms with Gasteiger partial charge in [0.25, 0.3) is 0 Å². The fraction of sp³-hybridized carbons (Fsp3) is 0.357. The number of benzene rings is 1. The lowest BCUT2D eigenvalue weighted by Gasteiger charge is -2.21. The SMILES string of the molecule is Cl.FC(F)(F)c1ccc(-c2csc(C3COCCN3)n2)cc1. The van der Waals surface area contributed by atoms with Gasteiger partial charge in [-0.1, -0.05) is 12.1 Å². The van der Waals surface area contributed by atoms with Crippen molar-refractivity contribution in [3.8, 4) is 11.3 Å². The predicted octanol–water partition coefficient (Wildman–Crippen LogP) is 3.91. The predicted molar refractivity (Wildman–Crippen MR) is 81.4 cm³/mol. The molecule has 3 rings (SSSR count). The minimum Gasteiger partial charge on any atom is -0.378 e. The molecule has 1 unspecified atom stereocenters. The van der Waals surface area contributed by atoms with Gasteiger partial charge in [0.1, 0.15) is 5.01 Å². The van der Waals surface area contributed by atoms with Crippen molar-refractivity contribution in [3.05, 3.63) is 40.2 Å². The normalized spacial score (nSPS) is 18.8. The summed E-state index contributed by atoms with van der Waals surface area (Å²) in [5.41, 5.74) is 0.724. The van der Waals surface area contributed by atoms with Crippen LogP contribution in [0.1, 0.15) is 16.6 Å². The fourth-order valence-corrected chi connectivity index (χ4v) is 3.02. The number of halogens is 4. The van der Waals surface area contributed by atoms with Crippen LogP contribution in [-0.4, -0.2) is 24.7 Å². The second kappa shape index (κ2) is 6.95. The summed E-state index contributed by atoms with van der Waals surface area (Å²) in [6.45, 7) is 2.04. The van der Waals surface area contributed by atoms with E-state index in [1.54, 1.807) is 0 Å². The monoisotopic (exact) mass is 350 g/mol. The zero-order valence-electron chi connectivity index (χ0n) is 11.4. The lowest BCUT2D eigenvalue weighted by molar-refractivity contribution is -0.137. The third kappa shape index (κ3) is 3.78. The number of nitrogens with one attached hydrogen (secondary N) is 1. The average molecular weight is 351 g/mol. The Kier molecular flexibility index (Phi) is 5.44. The molecule has 1 atom stereocenters. The number of morpholine rings is 1. The van der Waals surface area contributed by atoms with E-state index in [0.29, 0.717) is 24.5 Å². The molecular formula is C14H14ClF3N2OS. The number of nitrogens with zero attached hydrogens (tertiary/aromatic N) is 1. The first-order chi connectivity index (χ1) is 10.0. The van der Waals surface area contributed by atoms with Crippen LogP contribution in [0, 0.1) is 0 Å². The second-order valence-corrected chi connectivity index (χ2v) is 5.62. The number of hydrogen-bond acceptors (Lipinski definition) is 4. The molecular weight excluding hydrogens is 337 g/mol. The van der Waals surface area contributed by atoms with Gasteiger partial charge in [0.05, 0.1) is 30.5 Å². The molecule has 0 saturated carbocycles. The van der Waals surface area contributed by atoms with Crippen LogP contribution in [0.3, 0.4) is 0 Å². The Morgan fingerprint density at radius 1 is 1.23 bits per heavy atom. The minimum atomic E-state index is -4.31. The van der Waals surface area contributed by atoms with Crippen LogP contribution in [0.15, 0.2) is 29.6 Å². The van der Waals surface area contributed by atoms with E-state index in [1.807, 2.05) is 5.38 Å². The van der Waals surface area contributed by atoms with Crippen molar-refractivity contribution < 1.29 is 17.9 Å². The smallest absolute Gasteiger partial charge is 0.378 e. The molecule has 2 heterocycles. The van der Waals surface area contributed by atoms with Gasteiger partial charge in [-0.2, -0.15) is 13.2 Å². The number of thiazole rings is 1. The van der Waals surface area contributed by atoms with Crippen molar-refractivity contribution in [2.45, 2.75) is 12.2 Å². The number of ether oxygens (including phenoxy) is 1. The van der Waals surface area contributed by atoms with E-state index >= 15 is 0 Å². The number of rotatable bonds is 2. The van der Waals surface area contributed by atoms with E-state index in [0.717, 1.165) is 23.7 Å². The van der Waals surface area contributed by atoms with Crippen LogP contribution in [0.25, 0.3) is 11.3 Å². The van der Waals surface area contributed by atoms with Crippen LogP contribution in [0.5, 0.6) is 0 Å². The van der Waals surface area contributed by atoms with Gasteiger partial charge >= 0.3 is 6.18 Å². The Hall–Kier alpha value is -1.15. The molecule has 120 valence electrons. The number of hydrogen-bond donors (Lipinski definition) is 1. The third-order valence-electron chi connectivity index (χ3n) is 3.25. The van der Waals surface area contributed by atoms with Gasteiger partial charge in [0, 0.05) is 17.5 Å². The largest absolute Gasteiger partial charge is 0.416 e. The lowest BCUT2D eigenvalue weighted by Crippen LogP contribution is -2.34. The summed E-state index contributed by atoms with van der Waals surface area (Å²) < 4.78 is 43.0. The van der Waals surface area contributed by atoms with Crippen molar-refractivity contribution in [2.24, 2.45) is 0 Å². The minimum absolute atomic E-state index is 0. The highest BCUT2D eigenvalue weighted by Gasteiger charge is 2.30. The molecule has 1 aromatic heterocycles. The molecule has 1 N–H and O–H groups in total. The average Bonchev–Trinajstić information content (AvgIpc) is 2.97. The van der Waals surface area contributed by atoms with Crippen LogP contribution in [0.4, 0.5) is 13.2 Å². The van der Waals surface area contributed by atoms with E-state index in [2.05, 4.69) is 10.3 Å². The van der Waals surface area contributed by atoms with Gasteiger partial charge in [0.2, 0.25) is 0 Å². The summed E-state index contributed by atoms with van der Waals surface area (Å²) in [6.07, 6.45) is -4.31. The zero-order valence-corrected chi connectivity index (χ0v) is 13.0. The van der Waals surface area contributed by atoms with Crippen LogP contribution in [-0.2, 0) is 10.9 Å². The maximum absolute atomic E-state index is 12.5. The van der Waals surface area contributed by atoms with Gasteiger partial charge < -0.3 is 10.1 Å². The zero-order chi connectivity index (χ0) is 14.9. The van der Waals surface area contributed by atoms with E-state index in [4.69, 9.17) is 4.74 Å². The first-order valence-corrected chi connectivity index (χ1v) is 7.36. The van der Waals surface area contributed by atoms with Crippen LogP contribution < -0.4 is 5.32 Å². The highest BCUT2D eigenvalue weighted by molar-refractivity contribution is 7.10. The topological polar surface area (TPSA) is 34.1 Å². The molecule has 1 aliphatic rings. The Morgan fingerprint density at radius 2 is 1.95 bits per heavy atom. The van der Waals surface area contributed by atoms with Crippen molar-refractivity contribution in [1.82, 2.24) is 10.3 Å². The molecule has 0 spiro atoms. The summed E-state index contributed by atoms with van der Waals surface area (Å²) in [6, 6.07) is 5.12. The maximum atomic E-state index is 12.5. The molecule has 22 heavy (non-hydrogen) atoms. The van der Waals surface area contributed by atoms with Crippen LogP contribution >= 0.6 is 23.7 Å². The van der Waals surface area contributed by atoms with Crippen molar-refractivity contribution in [2.75, 3.05) is 19.8 Å². The van der Waals surface area contributed by atoms with Gasteiger partial charge in [0.15, 0.2) is 0 Å². The maximum Gasteiger partial charge on any atom is 0.416 e. The fourth-order valence-electron chi connectivity index (χ4n) is 2.13. The van der Waals surface area contributed by atoms with E-state index < -0.39 is 11.7 Å². The first-order valence-electron chi connectivity index (χ1n) is 6.48. The van der Waals surface area contributed by atoms with E-state index in [-0.39, 0.29) is 18.4 Å². The molecule has 0 aliphatic carbocycles. The Bertz CT molecular complexity index is 609. The van der Waals surface area contributed by atoms with E-state index in [1.165, 1.54) is 23.5 Å². The number of alkyl halides is 3. The Morgan fingerprint density at radius 3 is 2.55 bits per heavy atom. The van der Waals surface area contributed by atoms with Gasteiger partial charge in [-0.3, -0.25) is 0 Å². The van der Waals surface area contributed by atoms with Crippen molar-refractivity contribution in [1.29, 1.82) is 0 Å². The summed E-state index contributed by atoms with van der Waals surface area (Å²) in [7, 11) is 0. The summed E-state index contributed by atoms with van der Waals surface area (Å²) >= 11 is 1.48. The molecule has 3 nitrogen and oxygen atoms in total. The molecule has 1 aromatic carbocycles. The molecule has 1 fully saturated rings. The standard InChI is InChI=1S/C14H13F3N2OS.ClH/c15-14(16,17)10-3-1-9(2-4-10)12-8-21-13(19-12)11-7-20-6-5-18-11;/h1-4,8,11,18H,5-7H2;1H.